The molecule has 0 saturated carbocycles. The molecule has 0 heterocycles. The lowest BCUT2D eigenvalue weighted by molar-refractivity contribution is -0.143. The number of carbonyl (C=O) groups is 5. The zero-order chi connectivity index (χ0) is 23.5. The highest BCUT2D eigenvalue weighted by Crippen LogP contribution is 2.39. The summed E-state index contributed by atoms with van der Waals surface area (Å²) in [5.41, 5.74) is -1.61. The number of carboxylic acid groups (broad SMARTS) is 4. The standard InChI is InChI=1S/C17H21F3O10/c18-9(13(22)23)1-5-17(6-2-10(19)14(24)25,7-3-11(20)15(26)27)8-4-12(21)30-16(28)29/h4,8-11H,1-3,5-7H2,(H,22,23)(H,24,25)(H,26,27)(H,28,29)/b8-4+. The van der Waals surface area contributed by atoms with Gasteiger partial charge in [0.05, 0.1) is 0 Å². The van der Waals surface area contributed by atoms with Crippen LogP contribution in [-0.2, 0) is 23.9 Å². The van der Waals surface area contributed by atoms with Gasteiger partial charge in [0.15, 0.2) is 18.5 Å². The molecule has 0 bridgehead atoms. The Hall–Kier alpha value is -3.12. The molecule has 3 atom stereocenters. The van der Waals surface area contributed by atoms with Gasteiger partial charge >= 0.3 is 30.0 Å². The van der Waals surface area contributed by atoms with Crippen molar-refractivity contribution in [2.45, 2.75) is 57.0 Å². The van der Waals surface area contributed by atoms with Gasteiger partial charge in [-0.15, -0.1) is 0 Å². The van der Waals surface area contributed by atoms with Gasteiger partial charge in [-0.1, -0.05) is 6.08 Å². The number of rotatable bonds is 14. The molecule has 10 nitrogen and oxygen atoms in total. The first-order valence-electron chi connectivity index (χ1n) is 8.54. The van der Waals surface area contributed by atoms with Crippen LogP contribution in [0.4, 0.5) is 18.0 Å². The number of halogens is 3. The van der Waals surface area contributed by atoms with Gasteiger partial charge in [0.1, 0.15) is 0 Å². The van der Waals surface area contributed by atoms with Crippen molar-refractivity contribution >= 4 is 30.0 Å². The minimum Gasteiger partial charge on any atom is -0.479 e. The van der Waals surface area contributed by atoms with E-state index in [1.54, 1.807) is 0 Å². The summed E-state index contributed by atoms with van der Waals surface area (Å²) in [7, 11) is 0. The number of aliphatic carboxylic acids is 3. The van der Waals surface area contributed by atoms with Crippen LogP contribution in [-0.4, -0.2) is 69.0 Å². The molecule has 3 unspecified atom stereocenters. The maximum atomic E-state index is 13.6. The van der Waals surface area contributed by atoms with Gasteiger partial charge in [-0.05, 0) is 43.9 Å². The lowest BCUT2D eigenvalue weighted by atomic mass is 9.73. The first-order valence-corrected chi connectivity index (χ1v) is 8.54. The largest absolute Gasteiger partial charge is 0.513 e. The first kappa shape index (κ1) is 26.9. The summed E-state index contributed by atoms with van der Waals surface area (Å²) in [5.74, 6) is -6.92. The van der Waals surface area contributed by atoms with Gasteiger partial charge in [-0.2, -0.15) is 0 Å². The molecule has 0 aromatic rings. The number of carboxylic acids is 3. The van der Waals surface area contributed by atoms with E-state index in [-0.39, 0.29) is 0 Å². The Balaban J connectivity index is 5.80. The first-order chi connectivity index (χ1) is 13.8. The summed E-state index contributed by atoms with van der Waals surface area (Å²) in [6.45, 7) is 0. The number of alkyl halides is 3. The molecule has 0 aromatic heterocycles. The number of esters is 1. The average molecular weight is 442 g/mol. The molecule has 0 fully saturated rings. The molecular formula is C17H21F3O10. The Morgan fingerprint density at radius 1 is 0.733 bits per heavy atom. The predicted octanol–water partition coefficient (Wildman–Crippen LogP) is 2.36. The zero-order valence-electron chi connectivity index (χ0n) is 15.5. The van der Waals surface area contributed by atoms with Crippen molar-refractivity contribution in [1.29, 1.82) is 0 Å². The van der Waals surface area contributed by atoms with E-state index in [1.807, 2.05) is 0 Å². The number of carbonyl (C=O) groups excluding carboxylic acids is 1. The maximum absolute atomic E-state index is 13.6. The number of hydrogen-bond donors (Lipinski definition) is 4. The summed E-state index contributed by atoms with van der Waals surface area (Å²) >= 11 is 0. The van der Waals surface area contributed by atoms with Crippen LogP contribution in [0.5, 0.6) is 0 Å². The molecule has 0 aromatic carbocycles. The van der Waals surface area contributed by atoms with E-state index in [1.165, 1.54) is 0 Å². The Morgan fingerprint density at radius 2 is 1.07 bits per heavy atom. The predicted molar refractivity (Wildman–Crippen MR) is 91.0 cm³/mol. The highest BCUT2D eigenvalue weighted by Gasteiger charge is 2.34. The van der Waals surface area contributed by atoms with Crippen LogP contribution in [0.1, 0.15) is 38.5 Å². The molecule has 4 N–H and O–H groups in total. The third kappa shape index (κ3) is 10.4. The van der Waals surface area contributed by atoms with Crippen LogP contribution < -0.4 is 0 Å². The monoisotopic (exact) mass is 442 g/mol. The third-order valence-electron chi connectivity index (χ3n) is 4.25. The molecule has 0 saturated heterocycles. The smallest absolute Gasteiger partial charge is 0.479 e. The normalized spacial score (nSPS) is 16.2. The summed E-state index contributed by atoms with van der Waals surface area (Å²) < 4.78 is 44.5. The third-order valence-corrected chi connectivity index (χ3v) is 4.25. The zero-order valence-corrected chi connectivity index (χ0v) is 15.5. The quantitative estimate of drug-likeness (QED) is 0.177. The average Bonchev–Trinajstić information content (AvgIpc) is 2.64. The molecule has 0 aliphatic carbocycles. The summed E-state index contributed by atoms with van der Waals surface area (Å²) in [6, 6.07) is 0. The number of ether oxygens (including phenoxy) is 1. The second-order valence-electron chi connectivity index (χ2n) is 6.42. The van der Waals surface area contributed by atoms with Crippen molar-refractivity contribution < 1.29 is 62.3 Å². The van der Waals surface area contributed by atoms with E-state index >= 15 is 0 Å². The Morgan fingerprint density at radius 3 is 1.33 bits per heavy atom. The van der Waals surface area contributed by atoms with E-state index in [9.17, 15) is 37.1 Å². The van der Waals surface area contributed by atoms with Gasteiger partial charge in [0, 0.05) is 6.08 Å². The van der Waals surface area contributed by atoms with E-state index in [2.05, 4.69) is 4.74 Å². The van der Waals surface area contributed by atoms with Crippen molar-refractivity contribution in [3.63, 3.8) is 0 Å². The molecule has 0 rings (SSSR count). The van der Waals surface area contributed by atoms with Gasteiger partial charge in [-0.3, -0.25) is 0 Å². The van der Waals surface area contributed by atoms with Gasteiger partial charge < -0.3 is 25.2 Å². The van der Waals surface area contributed by atoms with Gasteiger partial charge in [0.25, 0.3) is 0 Å². The molecule has 0 spiro atoms. The molecule has 0 amide bonds. The Bertz CT molecular complexity index is 619. The molecule has 30 heavy (non-hydrogen) atoms. The van der Waals surface area contributed by atoms with E-state index < -0.39 is 92.5 Å². The number of hydrogen-bond acceptors (Lipinski definition) is 6. The fraction of sp³-hybridized carbons (Fsp3) is 0.588. The maximum Gasteiger partial charge on any atom is 0.513 e. The van der Waals surface area contributed by atoms with Gasteiger partial charge in [0.2, 0.25) is 0 Å². The Kier molecular flexibility index (Phi) is 11.1. The summed E-state index contributed by atoms with van der Waals surface area (Å²) in [5, 5.41) is 34.4. The van der Waals surface area contributed by atoms with Crippen molar-refractivity contribution in [2.75, 3.05) is 0 Å². The van der Waals surface area contributed by atoms with Gasteiger partial charge in [-0.25, -0.2) is 37.1 Å². The van der Waals surface area contributed by atoms with Crippen LogP contribution in [0.2, 0.25) is 0 Å². The highest BCUT2D eigenvalue weighted by molar-refractivity contribution is 5.89. The molecule has 170 valence electrons. The SMILES string of the molecule is O=C(O)OC(=O)/C=C/C(CCC(F)C(=O)O)(CCC(F)C(=O)O)CCC(F)C(=O)O. The van der Waals surface area contributed by atoms with Crippen molar-refractivity contribution in [3.05, 3.63) is 12.2 Å². The van der Waals surface area contributed by atoms with Crippen LogP contribution in [0.15, 0.2) is 12.2 Å². The van der Waals surface area contributed by atoms with Crippen molar-refractivity contribution in [1.82, 2.24) is 0 Å². The molecule has 0 aliphatic heterocycles. The van der Waals surface area contributed by atoms with E-state index in [0.29, 0.717) is 6.08 Å². The second kappa shape index (κ2) is 12.4. The summed E-state index contributed by atoms with van der Waals surface area (Å²) in [4.78, 5) is 53.9. The molecule has 0 aliphatic rings. The van der Waals surface area contributed by atoms with Crippen LogP contribution >= 0.6 is 0 Å². The van der Waals surface area contributed by atoms with E-state index in [4.69, 9.17) is 20.4 Å². The fourth-order valence-electron chi connectivity index (χ4n) is 2.60. The summed E-state index contributed by atoms with van der Waals surface area (Å²) in [6.07, 6.45) is -11.2. The lowest BCUT2D eigenvalue weighted by Gasteiger charge is -2.32. The Labute approximate surface area is 167 Å². The van der Waals surface area contributed by atoms with Crippen LogP contribution in [0, 0.1) is 5.41 Å². The topological polar surface area (TPSA) is 175 Å². The fourth-order valence-corrected chi connectivity index (χ4v) is 2.60. The lowest BCUT2D eigenvalue weighted by Crippen LogP contribution is -2.28. The van der Waals surface area contributed by atoms with Crippen LogP contribution in [0.3, 0.4) is 0 Å². The minimum absolute atomic E-state index is 0.462. The van der Waals surface area contributed by atoms with Crippen molar-refractivity contribution in [2.24, 2.45) is 5.41 Å². The highest BCUT2D eigenvalue weighted by atomic mass is 19.1. The second-order valence-corrected chi connectivity index (χ2v) is 6.42. The molecular weight excluding hydrogens is 421 g/mol. The van der Waals surface area contributed by atoms with Crippen LogP contribution in [0.25, 0.3) is 0 Å². The minimum atomic E-state index is -2.40. The molecule has 0 radical (unpaired) electrons. The van der Waals surface area contributed by atoms with E-state index in [0.717, 1.165) is 6.08 Å². The van der Waals surface area contributed by atoms with Crippen molar-refractivity contribution in [3.8, 4) is 0 Å². The number of allylic oxidation sites excluding steroid dienone is 1. The molecule has 13 heteroatoms.